The van der Waals surface area contributed by atoms with Crippen LogP contribution in [0.3, 0.4) is 0 Å². The van der Waals surface area contributed by atoms with Crippen LogP contribution in [0.15, 0.2) is 24.5 Å². The van der Waals surface area contributed by atoms with E-state index in [-0.39, 0.29) is 34.5 Å². The Balaban J connectivity index is 1.60. The zero-order valence-electron chi connectivity index (χ0n) is 13.0. The summed E-state index contributed by atoms with van der Waals surface area (Å²) in [5.74, 6) is -0.171. The quantitative estimate of drug-likeness (QED) is 0.793. The van der Waals surface area contributed by atoms with Gasteiger partial charge < -0.3 is 4.90 Å². The number of nitrogens with zero attached hydrogens (tertiary/aromatic N) is 4. The van der Waals surface area contributed by atoms with Gasteiger partial charge in [-0.25, -0.2) is 14.8 Å². The molecule has 2 bridgehead atoms. The normalized spacial score (nSPS) is 20.8. The molecule has 126 valence electrons. The molecule has 4 rings (SSSR count). The molecule has 2 unspecified atom stereocenters. The smallest absolute Gasteiger partial charge is 0.314 e. The van der Waals surface area contributed by atoms with Crippen LogP contribution in [-0.2, 0) is 6.42 Å². The summed E-state index contributed by atoms with van der Waals surface area (Å²) < 4.78 is 14.0. The predicted molar refractivity (Wildman–Crippen MR) is 88.5 cm³/mol. The first-order chi connectivity index (χ1) is 12.1. The van der Waals surface area contributed by atoms with Crippen molar-refractivity contribution in [2.75, 3.05) is 5.32 Å². The lowest BCUT2D eigenvalue weighted by Crippen LogP contribution is -2.44. The van der Waals surface area contributed by atoms with E-state index < -0.39 is 5.95 Å². The van der Waals surface area contributed by atoms with E-state index in [0.29, 0.717) is 12.0 Å². The molecule has 0 aromatic carbocycles. The number of carbonyl (C=O) groups excluding carboxylic acids is 1. The molecule has 2 atom stereocenters. The number of amides is 2. The van der Waals surface area contributed by atoms with Crippen LogP contribution in [0.4, 0.5) is 15.0 Å². The molecule has 6 nitrogen and oxygen atoms in total. The van der Waals surface area contributed by atoms with Crippen molar-refractivity contribution >= 4 is 23.4 Å². The Labute approximate surface area is 148 Å². The molecule has 0 saturated carbocycles. The number of anilines is 1. The second-order valence-electron chi connectivity index (χ2n) is 6.12. The molecule has 2 aromatic rings. The number of halogens is 2. The van der Waals surface area contributed by atoms with Gasteiger partial charge in [-0.1, -0.05) is 11.6 Å². The summed E-state index contributed by atoms with van der Waals surface area (Å²) in [7, 11) is 0. The van der Waals surface area contributed by atoms with Crippen LogP contribution in [0.2, 0.25) is 5.02 Å². The first-order valence-electron chi connectivity index (χ1n) is 7.86. The van der Waals surface area contributed by atoms with E-state index in [1.165, 1.54) is 18.5 Å². The highest BCUT2D eigenvalue weighted by atomic mass is 35.5. The molecule has 8 heteroatoms. The summed E-state index contributed by atoms with van der Waals surface area (Å²) in [5, 5.41) is 11.8. The predicted octanol–water partition coefficient (Wildman–Crippen LogP) is 3.43. The zero-order chi connectivity index (χ0) is 17.6. The molecule has 2 aliphatic rings. The maximum Gasteiger partial charge on any atom is 0.323 e. The van der Waals surface area contributed by atoms with Crippen molar-refractivity contribution in [1.29, 1.82) is 5.26 Å². The van der Waals surface area contributed by atoms with Gasteiger partial charge in [-0.05, 0) is 30.9 Å². The monoisotopic (exact) mass is 357 g/mol. The van der Waals surface area contributed by atoms with Crippen LogP contribution in [0.5, 0.6) is 0 Å². The summed E-state index contributed by atoms with van der Waals surface area (Å²) in [6, 6.07) is 4.61. The number of nitriles is 1. The highest BCUT2D eigenvalue weighted by Gasteiger charge is 2.43. The van der Waals surface area contributed by atoms with Crippen LogP contribution in [0.1, 0.15) is 35.6 Å². The maximum absolute atomic E-state index is 14.0. The largest absolute Gasteiger partial charge is 0.323 e. The van der Waals surface area contributed by atoms with Gasteiger partial charge in [-0.15, -0.1) is 0 Å². The zero-order valence-corrected chi connectivity index (χ0v) is 13.8. The Morgan fingerprint density at radius 3 is 3.04 bits per heavy atom. The Morgan fingerprint density at radius 2 is 2.28 bits per heavy atom. The molecule has 2 aromatic heterocycles. The number of aromatic nitrogens is 2. The molecule has 25 heavy (non-hydrogen) atoms. The summed E-state index contributed by atoms with van der Waals surface area (Å²) >= 11 is 5.98. The van der Waals surface area contributed by atoms with Crippen molar-refractivity contribution in [2.24, 2.45) is 0 Å². The van der Waals surface area contributed by atoms with E-state index in [1.54, 1.807) is 11.0 Å². The van der Waals surface area contributed by atoms with Gasteiger partial charge in [0.25, 0.3) is 0 Å². The summed E-state index contributed by atoms with van der Waals surface area (Å²) in [6.45, 7) is 0. The van der Waals surface area contributed by atoms with Gasteiger partial charge in [0.1, 0.15) is 11.9 Å². The molecule has 2 aliphatic heterocycles. The molecular formula is C17H13ClFN5O. The van der Waals surface area contributed by atoms with E-state index in [0.717, 1.165) is 18.4 Å². The second-order valence-corrected chi connectivity index (χ2v) is 6.53. The Kier molecular flexibility index (Phi) is 3.77. The first-order valence-corrected chi connectivity index (χ1v) is 8.24. The van der Waals surface area contributed by atoms with Crippen LogP contribution in [0.25, 0.3) is 0 Å². The van der Waals surface area contributed by atoms with E-state index >= 15 is 0 Å². The molecule has 1 saturated heterocycles. The molecular weight excluding hydrogens is 345 g/mol. The minimum Gasteiger partial charge on any atom is -0.314 e. The number of nitrogens with one attached hydrogen (secondary N) is 1. The van der Waals surface area contributed by atoms with Gasteiger partial charge in [0, 0.05) is 30.1 Å². The lowest BCUT2D eigenvalue weighted by molar-refractivity contribution is 0.178. The van der Waals surface area contributed by atoms with Crippen molar-refractivity contribution < 1.29 is 9.18 Å². The Morgan fingerprint density at radius 1 is 1.44 bits per heavy atom. The Hall–Kier alpha value is -2.72. The number of hydrogen-bond acceptors (Lipinski definition) is 4. The standard InChI is InChI=1S/C17H13ClFN5O/c18-13-6-15(22-8-9(13)7-20)23-17(25)24-10-1-2-14(24)11-3-4-21-16(19)12(11)5-10/h3-4,6,8,10,14H,1-2,5H2,(H,22,23,25). The fourth-order valence-corrected chi connectivity index (χ4v) is 3.88. The summed E-state index contributed by atoms with van der Waals surface area (Å²) in [4.78, 5) is 22.2. The van der Waals surface area contributed by atoms with Gasteiger partial charge in [-0.2, -0.15) is 9.65 Å². The fourth-order valence-electron chi connectivity index (χ4n) is 3.68. The number of carbonyl (C=O) groups is 1. The van der Waals surface area contributed by atoms with E-state index in [4.69, 9.17) is 16.9 Å². The lowest BCUT2D eigenvalue weighted by Gasteiger charge is -2.36. The van der Waals surface area contributed by atoms with Crippen LogP contribution < -0.4 is 5.32 Å². The van der Waals surface area contributed by atoms with Crippen molar-refractivity contribution in [3.05, 3.63) is 52.2 Å². The number of pyridine rings is 2. The van der Waals surface area contributed by atoms with Gasteiger partial charge in [0.2, 0.25) is 5.95 Å². The van der Waals surface area contributed by atoms with Gasteiger partial charge in [0.05, 0.1) is 16.6 Å². The molecule has 1 fully saturated rings. The van der Waals surface area contributed by atoms with Crippen molar-refractivity contribution in [3.63, 3.8) is 0 Å². The highest BCUT2D eigenvalue weighted by molar-refractivity contribution is 6.32. The third-order valence-electron chi connectivity index (χ3n) is 4.78. The van der Waals surface area contributed by atoms with Crippen molar-refractivity contribution in [1.82, 2.24) is 14.9 Å². The third kappa shape index (κ3) is 2.59. The Bertz CT molecular complexity index is 912. The molecule has 0 spiro atoms. The molecule has 0 aliphatic carbocycles. The number of urea groups is 1. The minimum absolute atomic E-state index is 0.0648. The number of fused-ring (bicyclic) bond motifs is 4. The maximum atomic E-state index is 14.0. The van der Waals surface area contributed by atoms with Gasteiger partial charge in [-0.3, -0.25) is 5.32 Å². The number of hydrogen-bond donors (Lipinski definition) is 1. The average Bonchev–Trinajstić information content (AvgIpc) is 2.91. The third-order valence-corrected chi connectivity index (χ3v) is 5.10. The topological polar surface area (TPSA) is 81.9 Å². The van der Waals surface area contributed by atoms with Gasteiger partial charge >= 0.3 is 6.03 Å². The molecule has 0 radical (unpaired) electrons. The SMILES string of the molecule is N#Cc1cnc(NC(=O)N2C3CCC2c2ccnc(F)c2C3)cc1Cl. The highest BCUT2D eigenvalue weighted by Crippen LogP contribution is 2.44. The van der Waals surface area contributed by atoms with Crippen LogP contribution >= 0.6 is 11.6 Å². The van der Waals surface area contributed by atoms with Gasteiger partial charge in [0.15, 0.2) is 0 Å². The van der Waals surface area contributed by atoms with Crippen molar-refractivity contribution in [3.8, 4) is 6.07 Å². The van der Waals surface area contributed by atoms with Crippen LogP contribution in [0, 0.1) is 17.3 Å². The van der Waals surface area contributed by atoms with E-state index in [9.17, 15) is 9.18 Å². The van der Waals surface area contributed by atoms with E-state index in [2.05, 4.69) is 15.3 Å². The second kappa shape index (κ2) is 5.97. The molecule has 1 N–H and O–H groups in total. The van der Waals surface area contributed by atoms with E-state index in [1.807, 2.05) is 6.07 Å². The fraction of sp³-hybridized carbons (Fsp3) is 0.294. The average molecular weight is 358 g/mol. The first kappa shape index (κ1) is 15.8. The summed E-state index contributed by atoms with van der Waals surface area (Å²) in [6.07, 6.45) is 4.81. The number of rotatable bonds is 1. The lowest BCUT2D eigenvalue weighted by atomic mass is 9.95. The van der Waals surface area contributed by atoms with Crippen molar-refractivity contribution in [2.45, 2.75) is 31.3 Å². The minimum atomic E-state index is -0.449. The van der Waals surface area contributed by atoms with Crippen LogP contribution in [-0.4, -0.2) is 26.9 Å². The molecule has 2 amide bonds. The summed E-state index contributed by atoms with van der Waals surface area (Å²) in [5.41, 5.74) is 1.68. The molecule has 4 heterocycles.